The van der Waals surface area contributed by atoms with Gasteiger partial charge in [-0.2, -0.15) is 5.26 Å². The van der Waals surface area contributed by atoms with Gasteiger partial charge in [0.2, 0.25) is 0 Å². The molecule has 0 spiro atoms. The molecule has 1 unspecified atom stereocenters. The van der Waals surface area contributed by atoms with Crippen molar-refractivity contribution < 1.29 is 4.79 Å². The van der Waals surface area contributed by atoms with Crippen LogP contribution in [0.5, 0.6) is 0 Å². The fourth-order valence-corrected chi connectivity index (χ4v) is 1.61. The fourth-order valence-electron chi connectivity index (χ4n) is 1.41. The van der Waals surface area contributed by atoms with Crippen molar-refractivity contribution in [3.63, 3.8) is 0 Å². The normalized spacial score (nSPS) is 12.6. The van der Waals surface area contributed by atoms with E-state index in [9.17, 15) is 4.79 Å². The van der Waals surface area contributed by atoms with Crippen LogP contribution in [0.4, 0.5) is 0 Å². The van der Waals surface area contributed by atoms with Gasteiger partial charge in [0.1, 0.15) is 5.15 Å². The van der Waals surface area contributed by atoms with Crippen LogP contribution in [-0.2, 0) is 5.41 Å². The molecule has 4 nitrogen and oxygen atoms in total. The Kier molecular flexibility index (Phi) is 4.90. The molecule has 1 aromatic rings. The highest BCUT2D eigenvalue weighted by Gasteiger charge is 2.19. The molecule has 5 heteroatoms. The number of halogens is 1. The van der Waals surface area contributed by atoms with Gasteiger partial charge >= 0.3 is 0 Å². The molecule has 0 aliphatic rings. The molecule has 1 rings (SSSR count). The van der Waals surface area contributed by atoms with Crippen molar-refractivity contribution in [3.05, 3.63) is 28.5 Å². The number of carbonyl (C=O) groups excluding carboxylic acids is 1. The summed E-state index contributed by atoms with van der Waals surface area (Å²) >= 11 is 5.95. The predicted octanol–water partition coefficient (Wildman–Crippen LogP) is 2.92. The lowest BCUT2D eigenvalue weighted by molar-refractivity contribution is 0.0950. The summed E-state index contributed by atoms with van der Waals surface area (Å²) in [7, 11) is 0. The molecule has 1 heterocycles. The van der Waals surface area contributed by atoms with E-state index in [2.05, 4.69) is 16.4 Å². The van der Waals surface area contributed by atoms with Crippen molar-refractivity contribution in [1.29, 1.82) is 5.26 Å². The second-order valence-electron chi connectivity index (χ2n) is 5.55. The average molecular weight is 280 g/mol. The zero-order valence-electron chi connectivity index (χ0n) is 11.6. The quantitative estimate of drug-likeness (QED) is 0.865. The minimum atomic E-state index is -0.239. The molecule has 0 saturated heterocycles. The number of pyridine rings is 1. The van der Waals surface area contributed by atoms with Gasteiger partial charge in [0, 0.05) is 23.2 Å². The number of amides is 1. The second kappa shape index (κ2) is 6.03. The van der Waals surface area contributed by atoms with Crippen molar-refractivity contribution in [1.82, 2.24) is 10.3 Å². The van der Waals surface area contributed by atoms with E-state index < -0.39 is 0 Å². The van der Waals surface area contributed by atoms with Gasteiger partial charge in [-0.05, 0) is 19.1 Å². The van der Waals surface area contributed by atoms with Crippen LogP contribution in [-0.4, -0.2) is 17.4 Å². The molecule has 0 radical (unpaired) electrons. The van der Waals surface area contributed by atoms with E-state index in [1.54, 1.807) is 13.0 Å². The second-order valence-corrected chi connectivity index (χ2v) is 5.94. The van der Waals surface area contributed by atoms with Crippen LogP contribution in [0, 0.1) is 17.2 Å². The van der Waals surface area contributed by atoms with Crippen molar-refractivity contribution in [3.8, 4) is 6.07 Å². The summed E-state index contributed by atoms with van der Waals surface area (Å²) in [5.41, 5.74) is 1.05. The third kappa shape index (κ3) is 4.53. The molecule has 102 valence electrons. The van der Waals surface area contributed by atoms with E-state index in [0.29, 0.717) is 17.3 Å². The monoisotopic (exact) mass is 279 g/mol. The van der Waals surface area contributed by atoms with E-state index in [0.717, 1.165) is 5.69 Å². The van der Waals surface area contributed by atoms with Crippen molar-refractivity contribution in [2.75, 3.05) is 6.54 Å². The number of hydrogen-bond donors (Lipinski definition) is 1. The smallest absolute Gasteiger partial charge is 0.251 e. The van der Waals surface area contributed by atoms with Crippen LogP contribution in [0.1, 0.15) is 43.7 Å². The first-order chi connectivity index (χ1) is 8.74. The molecule has 1 atom stereocenters. The minimum absolute atomic E-state index is 0.181. The van der Waals surface area contributed by atoms with Gasteiger partial charge in [0.15, 0.2) is 0 Å². The Morgan fingerprint density at radius 1 is 1.53 bits per heavy atom. The van der Waals surface area contributed by atoms with Crippen LogP contribution < -0.4 is 5.32 Å². The Morgan fingerprint density at radius 2 is 2.16 bits per heavy atom. The van der Waals surface area contributed by atoms with Crippen molar-refractivity contribution in [2.24, 2.45) is 5.92 Å². The third-order valence-electron chi connectivity index (χ3n) is 2.61. The van der Waals surface area contributed by atoms with Crippen LogP contribution in [0.3, 0.4) is 0 Å². The molecular formula is C14H18ClN3O. The Balaban J connectivity index is 2.92. The van der Waals surface area contributed by atoms with E-state index >= 15 is 0 Å². The maximum absolute atomic E-state index is 12.0. The highest BCUT2D eigenvalue weighted by Crippen LogP contribution is 2.23. The van der Waals surface area contributed by atoms with Crippen LogP contribution in [0.2, 0.25) is 5.15 Å². The van der Waals surface area contributed by atoms with E-state index in [-0.39, 0.29) is 17.2 Å². The van der Waals surface area contributed by atoms with E-state index in [4.69, 9.17) is 16.9 Å². The van der Waals surface area contributed by atoms with Crippen LogP contribution in [0.25, 0.3) is 0 Å². The first-order valence-corrected chi connectivity index (χ1v) is 6.47. The summed E-state index contributed by atoms with van der Waals surface area (Å²) in [6.07, 6.45) is 0. The molecule has 1 amide bonds. The number of nitriles is 1. The highest BCUT2D eigenvalue weighted by atomic mass is 35.5. The molecule has 19 heavy (non-hydrogen) atoms. The number of hydrogen-bond acceptors (Lipinski definition) is 3. The summed E-state index contributed by atoms with van der Waals surface area (Å²) in [6.45, 7) is 8.09. The maximum Gasteiger partial charge on any atom is 0.251 e. The number of nitrogens with zero attached hydrogens (tertiary/aromatic N) is 2. The first-order valence-electron chi connectivity index (χ1n) is 6.10. The number of aromatic nitrogens is 1. The van der Waals surface area contributed by atoms with Crippen molar-refractivity contribution in [2.45, 2.75) is 33.1 Å². The maximum atomic E-state index is 12.0. The lowest BCUT2D eigenvalue weighted by atomic mass is 9.91. The molecule has 0 fully saturated rings. The van der Waals surface area contributed by atoms with E-state index in [1.807, 2.05) is 20.8 Å². The fraction of sp³-hybridized carbons (Fsp3) is 0.500. The third-order valence-corrected chi connectivity index (χ3v) is 2.81. The van der Waals surface area contributed by atoms with Crippen LogP contribution in [0.15, 0.2) is 12.1 Å². The number of carbonyl (C=O) groups is 1. The lowest BCUT2D eigenvalue weighted by Gasteiger charge is -2.18. The molecule has 0 aromatic carbocycles. The van der Waals surface area contributed by atoms with Gasteiger partial charge in [-0.1, -0.05) is 32.4 Å². The predicted molar refractivity (Wildman–Crippen MR) is 75.1 cm³/mol. The number of rotatable bonds is 3. The molecule has 0 aliphatic carbocycles. The highest BCUT2D eigenvalue weighted by molar-refractivity contribution is 6.29. The van der Waals surface area contributed by atoms with E-state index in [1.165, 1.54) is 6.07 Å². The summed E-state index contributed by atoms with van der Waals surface area (Å²) < 4.78 is 0. The van der Waals surface area contributed by atoms with Gasteiger partial charge in [-0.15, -0.1) is 0 Å². The minimum Gasteiger partial charge on any atom is -0.351 e. The van der Waals surface area contributed by atoms with Gasteiger partial charge in [0.05, 0.1) is 12.0 Å². The molecule has 1 N–H and O–H groups in total. The number of nitrogens with one attached hydrogen (secondary N) is 1. The standard InChI is InChI=1S/C14H18ClN3O/c1-9(7-16)8-17-13(19)10-5-11(14(2,3)4)18-12(15)6-10/h5-6,9H,8H2,1-4H3,(H,17,19). The molecule has 0 saturated carbocycles. The largest absolute Gasteiger partial charge is 0.351 e. The average Bonchev–Trinajstić information content (AvgIpc) is 2.33. The van der Waals surface area contributed by atoms with Gasteiger partial charge in [0.25, 0.3) is 5.91 Å². The Morgan fingerprint density at radius 3 is 2.68 bits per heavy atom. The lowest BCUT2D eigenvalue weighted by Crippen LogP contribution is -2.28. The molecule has 0 aliphatic heterocycles. The van der Waals surface area contributed by atoms with Crippen LogP contribution >= 0.6 is 11.6 Å². The molecular weight excluding hydrogens is 262 g/mol. The zero-order valence-corrected chi connectivity index (χ0v) is 12.4. The summed E-state index contributed by atoms with van der Waals surface area (Å²) in [6, 6.07) is 5.33. The molecule has 1 aromatic heterocycles. The van der Waals surface area contributed by atoms with Gasteiger partial charge < -0.3 is 5.32 Å². The first kappa shape index (κ1) is 15.5. The Labute approximate surface area is 118 Å². The van der Waals surface area contributed by atoms with Gasteiger partial charge in [-0.25, -0.2) is 4.98 Å². The SMILES string of the molecule is CC(C#N)CNC(=O)c1cc(Cl)nc(C(C)(C)C)c1. The van der Waals surface area contributed by atoms with Gasteiger partial charge in [-0.3, -0.25) is 4.79 Å². The Hall–Kier alpha value is -1.60. The summed E-state index contributed by atoms with van der Waals surface area (Å²) in [5, 5.41) is 11.7. The molecule has 0 bridgehead atoms. The Bertz CT molecular complexity index is 514. The zero-order chi connectivity index (χ0) is 14.6. The summed E-state index contributed by atoms with van der Waals surface area (Å²) in [5.74, 6) is -0.458. The van der Waals surface area contributed by atoms with Crippen molar-refractivity contribution >= 4 is 17.5 Å². The topological polar surface area (TPSA) is 65.8 Å². The summed E-state index contributed by atoms with van der Waals surface area (Å²) in [4.78, 5) is 16.2.